The molecule has 4 nitrogen and oxygen atoms in total. The molecule has 0 aliphatic carbocycles. The Balaban J connectivity index is 2.35. The summed E-state index contributed by atoms with van der Waals surface area (Å²) in [4.78, 5) is 12.4. The molecule has 1 amide bonds. The van der Waals surface area contributed by atoms with E-state index in [-0.39, 0.29) is 5.91 Å². The van der Waals surface area contributed by atoms with E-state index in [1.54, 1.807) is 18.2 Å². The van der Waals surface area contributed by atoms with Gasteiger partial charge in [0.2, 0.25) is 0 Å². The summed E-state index contributed by atoms with van der Waals surface area (Å²) in [7, 11) is 1.53. The van der Waals surface area contributed by atoms with E-state index < -0.39 is 0 Å². The zero-order valence-corrected chi connectivity index (χ0v) is 12.8. The second-order valence-corrected chi connectivity index (χ2v) is 5.15. The Labute approximate surface area is 124 Å². The number of hydrogen-bond acceptors (Lipinski definition) is 3. The molecule has 110 valence electrons. The third kappa shape index (κ3) is 2.99. The van der Waals surface area contributed by atoms with Crippen molar-refractivity contribution in [2.45, 2.75) is 20.8 Å². The highest BCUT2D eigenvalue weighted by Gasteiger charge is 2.15. The molecule has 0 atom stereocenters. The molecule has 0 radical (unpaired) electrons. The molecule has 2 rings (SSSR count). The van der Waals surface area contributed by atoms with Gasteiger partial charge in [-0.05, 0) is 44.0 Å². The van der Waals surface area contributed by atoms with E-state index in [9.17, 15) is 4.79 Å². The van der Waals surface area contributed by atoms with Crippen LogP contribution >= 0.6 is 0 Å². The number of nitrogens with two attached hydrogens (primary N) is 1. The standard InChI is InChI=1S/C17H20N2O2/c1-10-8-11(2)16(12(3)9-10)19-17(20)13-6-5-7-14(21-4)15(13)18/h5-9H,18H2,1-4H3,(H,19,20). The second kappa shape index (κ2) is 5.87. The first-order valence-corrected chi connectivity index (χ1v) is 6.75. The van der Waals surface area contributed by atoms with Gasteiger partial charge in [-0.1, -0.05) is 23.8 Å². The normalized spacial score (nSPS) is 10.3. The molecule has 3 N–H and O–H groups in total. The van der Waals surface area contributed by atoms with Gasteiger partial charge in [-0.2, -0.15) is 0 Å². The largest absolute Gasteiger partial charge is 0.495 e. The van der Waals surface area contributed by atoms with Gasteiger partial charge in [-0.25, -0.2) is 0 Å². The van der Waals surface area contributed by atoms with Crippen molar-refractivity contribution in [2.24, 2.45) is 0 Å². The number of carbonyl (C=O) groups is 1. The number of nitrogen functional groups attached to an aromatic ring is 1. The van der Waals surface area contributed by atoms with Gasteiger partial charge >= 0.3 is 0 Å². The van der Waals surface area contributed by atoms with Crippen LogP contribution in [0.3, 0.4) is 0 Å². The SMILES string of the molecule is COc1cccc(C(=O)Nc2c(C)cc(C)cc2C)c1N. The van der Waals surface area contributed by atoms with Gasteiger partial charge in [-0.15, -0.1) is 0 Å². The van der Waals surface area contributed by atoms with Crippen molar-refractivity contribution in [3.63, 3.8) is 0 Å². The number of amides is 1. The summed E-state index contributed by atoms with van der Waals surface area (Å²) in [6.45, 7) is 5.99. The molecular formula is C17H20N2O2. The number of aryl methyl sites for hydroxylation is 3. The summed E-state index contributed by atoms with van der Waals surface area (Å²) in [6, 6.07) is 9.24. The van der Waals surface area contributed by atoms with Crippen LogP contribution in [-0.2, 0) is 0 Å². The maximum Gasteiger partial charge on any atom is 0.257 e. The number of carbonyl (C=O) groups excluding carboxylic acids is 1. The summed E-state index contributed by atoms with van der Waals surface area (Å²) in [6.07, 6.45) is 0. The van der Waals surface area contributed by atoms with Crippen molar-refractivity contribution in [3.05, 3.63) is 52.6 Å². The minimum Gasteiger partial charge on any atom is -0.495 e. The number of hydrogen-bond donors (Lipinski definition) is 2. The highest BCUT2D eigenvalue weighted by Crippen LogP contribution is 2.27. The summed E-state index contributed by atoms with van der Waals surface area (Å²) in [5, 5.41) is 2.94. The molecule has 0 saturated carbocycles. The van der Waals surface area contributed by atoms with Crippen molar-refractivity contribution in [1.82, 2.24) is 0 Å². The maximum absolute atomic E-state index is 12.4. The third-order valence-corrected chi connectivity index (χ3v) is 3.45. The van der Waals surface area contributed by atoms with E-state index in [0.717, 1.165) is 16.8 Å². The summed E-state index contributed by atoms with van der Waals surface area (Å²) < 4.78 is 5.14. The Morgan fingerprint density at radius 1 is 1.14 bits per heavy atom. The number of ether oxygens (including phenoxy) is 1. The van der Waals surface area contributed by atoms with Crippen LogP contribution < -0.4 is 15.8 Å². The zero-order chi connectivity index (χ0) is 15.6. The quantitative estimate of drug-likeness (QED) is 0.848. The van der Waals surface area contributed by atoms with Crippen LogP contribution in [0, 0.1) is 20.8 Å². The van der Waals surface area contributed by atoms with Gasteiger partial charge in [0.05, 0.1) is 18.4 Å². The highest BCUT2D eigenvalue weighted by atomic mass is 16.5. The molecule has 0 unspecified atom stereocenters. The van der Waals surface area contributed by atoms with Crippen LogP contribution in [0.5, 0.6) is 5.75 Å². The first-order valence-electron chi connectivity index (χ1n) is 6.75. The summed E-state index contributed by atoms with van der Waals surface area (Å²) >= 11 is 0. The van der Waals surface area contributed by atoms with Crippen LogP contribution in [0.2, 0.25) is 0 Å². The molecule has 21 heavy (non-hydrogen) atoms. The molecule has 0 aliphatic rings. The lowest BCUT2D eigenvalue weighted by atomic mass is 10.0. The molecule has 2 aromatic rings. The minimum atomic E-state index is -0.235. The second-order valence-electron chi connectivity index (χ2n) is 5.15. The van der Waals surface area contributed by atoms with Crippen molar-refractivity contribution >= 4 is 17.3 Å². The molecule has 4 heteroatoms. The predicted octanol–water partition coefficient (Wildman–Crippen LogP) is 3.45. The monoisotopic (exact) mass is 284 g/mol. The smallest absolute Gasteiger partial charge is 0.257 e. The van der Waals surface area contributed by atoms with Crippen LogP contribution in [0.15, 0.2) is 30.3 Å². The first-order chi connectivity index (χ1) is 9.93. The number of nitrogens with one attached hydrogen (secondary N) is 1. The number of benzene rings is 2. The lowest BCUT2D eigenvalue weighted by Gasteiger charge is -2.14. The third-order valence-electron chi connectivity index (χ3n) is 3.45. The Kier molecular flexibility index (Phi) is 4.17. The number of para-hydroxylation sites is 1. The highest BCUT2D eigenvalue weighted by molar-refractivity contribution is 6.09. The molecule has 0 saturated heterocycles. The Morgan fingerprint density at radius 3 is 2.33 bits per heavy atom. The fourth-order valence-corrected chi connectivity index (χ4v) is 2.48. The predicted molar refractivity (Wildman–Crippen MR) is 86.0 cm³/mol. The van der Waals surface area contributed by atoms with Crippen molar-refractivity contribution in [2.75, 3.05) is 18.2 Å². The topological polar surface area (TPSA) is 64.3 Å². The molecule has 0 spiro atoms. The van der Waals surface area contributed by atoms with Crippen molar-refractivity contribution in [3.8, 4) is 5.75 Å². The number of anilines is 2. The fraction of sp³-hybridized carbons (Fsp3) is 0.235. The van der Waals surface area contributed by atoms with Gasteiger partial charge in [-0.3, -0.25) is 4.79 Å². The minimum absolute atomic E-state index is 0.235. The molecule has 0 aliphatic heterocycles. The molecule has 0 bridgehead atoms. The van der Waals surface area contributed by atoms with E-state index in [2.05, 4.69) is 5.32 Å². The first kappa shape index (κ1) is 14.9. The van der Waals surface area contributed by atoms with E-state index in [1.807, 2.05) is 32.9 Å². The molecule has 0 heterocycles. The zero-order valence-electron chi connectivity index (χ0n) is 12.8. The van der Waals surface area contributed by atoms with Crippen LogP contribution in [-0.4, -0.2) is 13.0 Å². The van der Waals surface area contributed by atoms with E-state index in [0.29, 0.717) is 17.0 Å². The van der Waals surface area contributed by atoms with Crippen molar-refractivity contribution in [1.29, 1.82) is 0 Å². The average Bonchev–Trinajstić information content (AvgIpc) is 2.42. The van der Waals surface area contributed by atoms with E-state index in [1.165, 1.54) is 12.7 Å². The Bertz CT molecular complexity index is 670. The lowest BCUT2D eigenvalue weighted by Crippen LogP contribution is -2.16. The van der Waals surface area contributed by atoms with E-state index in [4.69, 9.17) is 10.5 Å². The van der Waals surface area contributed by atoms with Gasteiger partial charge in [0, 0.05) is 5.69 Å². The summed E-state index contributed by atoms with van der Waals surface area (Å²) in [5.41, 5.74) is 10.8. The van der Waals surface area contributed by atoms with Crippen LogP contribution in [0.25, 0.3) is 0 Å². The van der Waals surface area contributed by atoms with Crippen molar-refractivity contribution < 1.29 is 9.53 Å². The Morgan fingerprint density at radius 2 is 1.76 bits per heavy atom. The molecular weight excluding hydrogens is 264 g/mol. The number of methoxy groups -OCH3 is 1. The van der Waals surface area contributed by atoms with Gasteiger partial charge in [0.15, 0.2) is 0 Å². The van der Waals surface area contributed by atoms with E-state index >= 15 is 0 Å². The molecule has 0 aromatic heterocycles. The fourth-order valence-electron chi connectivity index (χ4n) is 2.48. The average molecular weight is 284 g/mol. The summed E-state index contributed by atoms with van der Waals surface area (Å²) in [5.74, 6) is 0.265. The van der Waals surface area contributed by atoms with Gasteiger partial charge in [0.1, 0.15) is 5.75 Å². The Hall–Kier alpha value is -2.49. The lowest BCUT2D eigenvalue weighted by molar-refractivity contribution is 0.102. The van der Waals surface area contributed by atoms with Crippen LogP contribution in [0.1, 0.15) is 27.0 Å². The number of rotatable bonds is 3. The van der Waals surface area contributed by atoms with Gasteiger partial charge < -0.3 is 15.8 Å². The molecule has 0 fully saturated rings. The molecule has 2 aromatic carbocycles. The van der Waals surface area contributed by atoms with Gasteiger partial charge in [0.25, 0.3) is 5.91 Å². The maximum atomic E-state index is 12.4. The van der Waals surface area contributed by atoms with Crippen LogP contribution in [0.4, 0.5) is 11.4 Å².